The van der Waals surface area contributed by atoms with Crippen LogP contribution in [0.1, 0.15) is 25.7 Å². The summed E-state index contributed by atoms with van der Waals surface area (Å²) in [4.78, 5) is 25.2. The number of amides is 2. The lowest BCUT2D eigenvalue weighted by Gasteiger charge is -2.29. The van der Waals surface area contributed by atoms with Crippen molar-refractivity contribution in [2.45, 2.75) is 38.4 Å². The van der Waals surface area contributed by atoms with Crippen LogP contribution >= 0.6 is 0 Å². The summed E-state index contributed by atoms with van der Waals surface area (Å²) in [7, 11) is 3.24. The van der Waals surface area contributed by atoms with Crippen LogP contribution in [0.2, 0.25) is 0 Å². The maximum Gasteiger partial charge on any atom is 0.391 e. The first kappa shape index (κ1) is 18.3. The molecular formula is C15H21F3N4O2. The molecule has 9 heteroatoms. The smallest absolute Gasteiger partial charge is 0.347 e. The van der Waals surface area contributed by atoms with Gasteiger partial charge in [-0.1, -0.05) is 6.42 Å². The molecule has 0 unspecified atom stereocenters. The fourth-order valence-electron chi connectivity index (χ4n) is 2.76. The van der Waals surface area contributed by atoms with Crippen molar-refractivity contribution in [2.24, 2.45) is 11.8 Å². The monoisotopic (exact) mass is 346 g/mol. The van der Waals surface area contributed by atoms with Gasteiger partial charge in [0.05, 0.1) is 17.8 Å². The topological polar surface area (TPSA) is 67.2 Å². The third-order valence-electron chi connectivity index (χ3n) is 4.20. The van der Waals surface area contributed by atoms with Crippen molar-refractivity contribution in [3.05, 3.63) is 12.4 Å². The molecule has 0 aromatic carbocycles. The highest BCUT2D eigenvalue weighted by atomic mass is 19.4. The van der Waals surface area contributed by atoms with Crippen molar-refractivity contribution in [1.29, 1.82) is 0 Å². The van der Waals surface area contributed by atoms with Gasteiger partial charge in [0.1, 0.15) is 6.54 Å². The van der Waals surface area contributed by atoms with Gasteiger partial charge in [-0.3, -0.25) is 14.3 Å². The Morgan fingerprint density at radius 1 is 1.38 bits per heavy atom. The second kappa shape index (κ2) is 7.23. The van der Waals surface area contributed by atoms with E-state index < -0.39 is 23.9 Å². The van der Waals surface area contributed by atoms with Gasteiger partial charge in [-0.15, -0.1) is 0 Å². The predicted molar refractivity (Wildman–Crippen MR) is 81.1 cm³/mol. The third kappa shape index (κ3) is 4.72. The second-order valence-electron chi connectivity index (χ2n) is 6.31. The Bertz CT molecular complexity index is 598. The summed E-state index contributed by atoms with van der Waals surface area (Å²) in [6.45, 7) is 0.0302. The number of nitrogens with zero attached hydrogens (tertiary/aromatic N) is 3. The molecular weight excluding hydrogens is 325 g/mol. The zero-order valence-corrected chi connectivity index (χ0v) is 13.6. The van der Waals surface area contributed by atoms with Gasteiger partial charge in [-0.25, -0.2) is 0 Å². The van der Waals surface area contributed by atoms with Gasteiger partial charge in [-0.05, 0) is 19.3 Å². The molecule has 0 bridgehead atoms. The first-order valence-corrected chi connectivity index (χ1v) is 7.77. The number of alkyl halides is 3. The van der Waals surface area contributed by atoms with E-state index in [4.69, 9.17) is 0 Å². The SMILES string of the molecule is CN(C)C(=O)Cn1cc(NC(=O)[C@@H]2CCC[C@@H](C(F)(F)F)C2)cn1. The van der Waals surface area contributed by atoms with Crippen LogP contribution in [-0.2, 0) is 16.1 Å². The standard InChI is InChI=1S/C15H21F3N4O2/c1-21(2)13(23)9-22-8-12(7-19-22)20-14(24)10-4-3-5-11(6-10)15(16,17)18/h7-8,10-11H,3-6,9H2,1-2H3,(H,20,24)/t10-,11-/m1/s1. The average Bonchev–Trinajstić information content (AvgIpc) is 2.93. The fourth-order valence-corrected chi connectivity index (χ4v) is 2.76. The molecule has 1 fully saturated rings. The number of nitrogens with one attached hydrogen (secondary N) is 1. The van der Waals surface area contributed by atoms with Crippen molar-refractivity contribution < 1.29 is 22.8 Å². The molecule has 134 valence electrons. The lowest BCUT2D eigenvalue weighted by atomic mass is 9.80. The summed E-state index contributed by atoms with van der Waals surface area (Å²) in [6.07, 6.45) is -0.643. The number of carbonyl (C=O) groups is 2. The Morgan fingerprint density at radius 2 is 2.08 bits per heavy atom. The molecule has 0 spiro atoms. The number of hydrogen-bond acceptors (Lipinski definition) is 3. The quantitative estimate of drug-likeness (QED) is 0.909. The van der Waals surface area contributed by atoms with Crippen LogP contribution in [0.25, 0.3) is 0 Å². The highest BCUT2D eigenvalue weighted by Gasteiger charge is 2.43. The molecule has 1 saturated carbocycles. The van der Waals surface area contributed by atoms with Crippen molar-refractivity contribution in [3.63, 3.8) is 0 Å². The van der Waals surface area contributed by atoms with Crippen LogP contribution in [0, 0.1) is 11.8 Å². The summed E-state index contributed by atoms with van der Waals surface area (Å²) in [5, 5.41) is 6.56. The van der Waals surface area contributed by atoms with E-state index in [1.165, 1.54) is 22.0 Å². The van der Waals surface area contributed by atoms with Gasteiger partial charge >= 0.3 is 6.18 Å². The molecule has 1 heterocycles. The number of hydrogen-bond donors (Lipinski definition) is 1. The Labute approximate surface area is 138 Å². The minimum atomic E-state index is -4.25. The van der Waals surface area contributed by atoms with Crippen LogP contribution in [0.5, 0.6) is 0 Å². The van der Waals surface area contributed by atoms with Gasteiger partial charge in [0.15, 0.2) is 0 Å². The number of carbonyl (C=O) groups excluding carboxylic acids is 2. The highest BCUT2D eigenvalue weighted by Crippen LogP contribution is 2.40. The molecule has 1 aliphatic rings. The molecule has 24 heavy (non-hydrogen) atoms. The first-order chi connectivity index (χ1) is 11.2. The maximum absolute atomic E-state index is 12.8. The van der Waals surface area contributed by atoms with E-state index >= 15 is 0 Å². The Morgan fingerprint density at radius 3 is 2.71 bits per heavy atom. The molecule has 2 rings (SSSR count). The van der Waals surface area contributed by atoms with Crippen LogP contribution in [0.3, 0.4) is 0 Å². The lowest BCUT2D eigenvalue weighted by molar-refractivity contribution is -0.185. The van der Waals surface area contributed by atoms with Crippen LogP contribution in [-0.4, -0.2) is 46.8 Å². The molecule has 0 radical (unpaired) electrons. The minimum absolute atomic E-state index is 0.0302. The van der Waals surface area contributed by atoms with Gasteiger partial charge in [0.25, 0.3) is 0 Å². The largest absolute Gasteiger partial charge is 0.391 e. The van der Waals surface area contributed by atoms with E-state index in [9.17, 15) is 22.8 Å². The first-order valence-electron chi connectivity index (χ1n) is 7.77. The molecule has 6 nitrogen and oxygen atoms in total. The number of halogens is 3. The molecule has 1 aliphatic carbocycles. The van der Waals surface area contributed by atoms with Gasteiger partial charge in [0.2, 0.25) is 11.8 Å². The number of aromatic nitrogens is 2. The fraction of sp³-hybridized carbons (Fsp3) is 0.667. The molecule has 1 N–H and O–H groups in total. The van der Waals surface area contributed by atoms with Gasteiger partial charge in [-0.2, -0.15) is 18.3 Å². The van der Waals surface area contributed by atoms with E-state index in [-0.39, 0.29) is 25.3 Å². The number of anilines is 1. The van der Waals surface area contributed by atoms with E-state index in [1.54, 1.807) is 14.1 Å². The summed E-state index contributed by atoms with van der Waals surface area (Å²) in [5.41, 5.74) is 0.376. The van der Waals surface area contributed by atoms with Crippen LogP contribution < -0.4 is 5.32 Å². The summed E-state index contributed by atoms with van der Waals surface area (Å²) in [6, 6.07) is 0. The van der Waals surface area contributed by atoms with Gasteiger partial charge in [0, 0.05) is 26.2 Å². The summed E-state index contributed by atoms with van der Waals surface area (Å²) in [5.74, 6) is -2.65. The van der Waals surface area contributed by atoms with E-state index in [0.29, 0.717) is 18.5 Å². The molecule has 0 saturated heterocycles. The van der Waals surface area contributed by atoms with E-state index in [2.05, 4.69) is 10.4 Å². The zero-order chi connectivity index (χ0) is 17.9. The second-order valence-corrected chi connectivity index (χ2v) is 6.31. The third-order valence-corrected chi connectivity index (χ3v) is 4.20. The minimum Gasteiger partial charge on any atom is -0.347 e. The number of rotatable bonds is 4. The molecule has 0 aliphatic heterocycles. The summed E-state index contributed by atoms with van der Waals surface area (Å²) >= 11 is 0. The highest BCUT2D eigenvalue weighted by molar-refractivity contribution is 5.92. The molecule has 2 amide bonds. The van der Waals surface area contributed by atoms with Crippen molar-refractivity contribution in [1.82, 2.24) is 14.7 Å². The predicted octanol–water partition coefficient (Wildman–Crippen LogP) is 2.28. The van der Waals surface area contributed by atoms with Crippen LogP contribution in [0.4, 0.5) is 18.9 Å². The Hall–Kier alpha value is -2.06. The zero-order valence-electron chi connectivity index (χ0n) is 13.6. The lowest BCUT2D eigenvalue weighted by Crippen LogP contribution is -2.34. The normalized spacial score (nSPS) is 21.4. The Kier molecular flexibility index (Phi) is 5.51. The van der Waals surface area contributed by atoms with Crippen molar-refractivity contribution in [3.8, 4) is 0 Å². The van der Waals surface area contributed by atoms with E-state index in [1.807, 2.05) is 0 Å². The number of likely N-dealkylation sites (N-methyl/N-ethyl adjacent to an activating group) is 1. The van der Waals surface area contributed by atoms with E-state index in [0.717, 1.165) is 0 Å². The molecule has 2 atom stereocenters. The van der Waals surface area contributed by atoms with Crippen molar-refractivity contribution >= 4 is 17.5 Å². The van der Waals surface area contributed by atoms with Crippen molar-refractivity contribution in [2.75, 3.05) is 19.4 Å². The maximum atomic E-state index is 12.8. The van der Waals surface area contributed by atoms with Crippen LogP contribution in [0.15, 0.2) is 12.4 Å². The molecule has 1 aromatic heterocycles. The van der Waals surface area contributed by atoms with Gasteiger partial charge < -0.3 is 10.2 Å². The molecule has 1 aromatic rings. The Balaban J connectivity index is 1.92. The summed E-state index contributed by atoms with van der Waals surface area (Å²) < 4.78 is 39.8. The average molecular weight is 346 g/mol.